The number of quaternary nitrogens is 1. The van der Waals surface area contributed by atoms with Crippen LogP contribution < -0.4 is 4.89 Å². The van der Waals surface area contributed by atoms with Gasteiger partial charge in [0, 0.05) is 12.8 Å². The van der Waals surface area contributed by atoms with Crippen molar-refractivity contribution in [3.8, 4) is 0 Å². The Morgan fingerprint density at radius 2 is 1.23 bits per heavy atom. The molecule has 0 spiro atoms. The van der Waals surface area contributed by atoms with Crippen molar-refractivity contribution in [3.63, 3.8) is 0 Å². The summed E-state index contributed by atoms with van der Waals surface area (Å²) in [6, 6.07) is 0. The molecule has 0 aromatic rings. The van der Waals surface area contributed by atoms with Gasteiger partial charge in [-0.15, -0.1) is 0 Å². The first-order valence-corrected chi connectivity index (χ1v) is 23.9. The summed E-state index contributed by atoms with van der Waals surface area (Å²) in [5.41, 5.74) is 0. The Bertz CT molecular complexity index is 1130. The van der Waals surface area contributed by atoms with E-state index in [0.717, 1.165) is 64.2 Å². The Morgan fingerprint density at radius 1 is 0.667 bits per heavy atom. The number of likely N-dealkylation sites (N-methyl/N-ethyl adjacent to an activating group) is 1. The quantitative estimate of drug-likeness (QED) is 0.0160. The average Bonchev–Trinajstić information content (AvgIpc) is 3.15. The van der Waals surface area contributed by atoms with E-state index >= 15 is 0 Å². The lowest BCUT2D eigenvalue weighted by molar-refractivity contribution is -0.870. The minimum absolute atomic E-state index is 0.0489. The van der Waals surface area contributed by atoms with Gasteiger partial charge < -0.3 is 33.0 Å². The number of phosphoric ester groups is 1. The largest absolute Gasteiger partial charge is 0.756 e. The maximum absolute atomic E-state index is 12.7. The molecule has 11 heteroatoms. The highest BCUT2D eigenvalue weighted by Crippen LogP contribution is 2.38. The van der Waals surface area contributed by atoms with E-state index in [4.69, 9.17) is 18.5 Å². The number of rotatable bonds is 40. The summed E-state index contributed by atoms with van der Waals surface area (Å²) in [6.45, 7) is 3.97. The molecule has 0 heterocycles. The number of aliphatic hydroxyl groups is 1. The highest BCUT2D eigenvalue weighted by Gasteiger charge is 2.21. The summed E-state index contributed by atoms with van der Waals surface area (Å²) < 4.78 is 33.8. The third-order valence-electron chi connectivity index (χ3n) is 9.44. The Labute approximate surface area is 348 Å². The molecule has 0 aliphatic heterocycles. The molecule has 332 valence electrons. The molecule has 0 rings (SSSR count). The van der Waals surface area contributed by atoms with Crippen molar-refractivity contribution in [2.75, 3.05) is 47.5 Å². The second kappa shape index (κ2) is 38.2. The molecule has 2 unspecified atom stereocenters. The second-order valence-corrected chi connectivity index (χ2v) is 17.6. The standard InChI is InChI=1S/C46H84NO9P/c1-6-8-10-12-14-15-16-17-18-19-20-21-22-23-25-29-34-38-46(50)56-44(42-55-57(51,52)54-40-39-47(3,4)5)41-53-45(49)37-33-30-26-28-32-36-43(48)35-31-27-24-13-11-9-7-2/h9,11,17-18,24,27,31,35,43-44,48H,6-8,10,12-16,19-23,25-26,28-30,32-34,36-42H2,1-5H3/b11-9+,18-17-,27-24+,35-31+/t43?,44-/m1/s1. The smallest absolute Gasteiger partial charge is 0.306 e. The number of nitrogens with zero attached hydrogens (tertiary/aromatic N) is 1. The molecule has 57 heavy (non-hydrogen) atoms. The van der Waals surface area contributed by atoms with Crippen molar-refractivity contribution in [1.29, 1.82) is 0 Å². The number of esters is 2. The van der Waals surface area contributed by atoms with Gasteiger partial charge in [0.25, 0.3) is 7.82 Å². The first-order chi connectivity index (χ1) is 27.4. The average molecular weight is 826 g/mol. The molecule has 0 bridgehead atoms. The van der Waals surface area contributed by atoms with Crippen molar-refractivity contribution in [1.82, 2.24) is 0 Å². The van der Waals surface area contributed by atoms with E-state index in [2.05, 4.69) is 44.2 Å². The van der Waals surface area contributed by atoms with Crippen LogP contribution in [0.1, 0.15) is 174 Å². The normalized spacial score (nSPS) is 14.6. The summed E-state index contributed by atoms with van der Waals surface area (Å²) in [6.07, 6.45) is 40.1. The molecular formula is C46H84NO9P. The first kappa shape index (κ1) is 54.9. The Kier molecular flexibility index (Phi) is 36.8. The zero-order valence-electron chi connectivity index (χ0n) is 36.9. The Balaban J connectivity index is 4.43. The van der Waals surface area contributed by atoms with Crippen LogP contribution in [0.15, 0.2) is 48.6 Å². The molecule has 0 aromatic carbocycles. The Morgan fingerprint density at radius 3 is 1.82 bits per heavy atom. The molecule has 3 atom stereocenters. The van der Waals surface area contributed by atoms with Crippen LogP contribution in [0.4, 0.5) is 0 Å². The van der Waals surface area contributed by atoms with E-state index in [1.54, 1.807) is 6.08 Å². The molecule has 0 saturated carbocycles. The minimum atomic E-state index is -4.65. The van der Waals surface area contributed by atoms with Gasteiger partial charge >= 0.3 is 11.9 Å². The molecule has 0 aliphatic rings. The fourth-order valence-corrected chi connectivity index (χ4v) is 6.62. The highest BCUT2D eigenvalue weighted by atomic mass is 31.2. The topological polar surface area (TPSA) is 131 Å². The maximum Gasteiger partial charge on any atom is 0.306 e. The van der Waals surface area contributed by atoms with Crippen molar-refractivity contribution < 1.29 is 47.2 Å². The predicted octanol–water partition coefficient (Wildman–Crippen LogP) is 11.0. The van der Waals surface area contributed by atoms with Gasteiger partial charge in [0.05, 0.1) is 33.9 Å². The molecule has 0 amide bonds. The van der Waals surface area contributed by atoms with Gasteiger partial charge in [0.15, 0.2) is 6.10 Å². The molecule has 0 aliphatic carbocycles. The Hall–Kier alpha value is -2.07. The summed E-state index contributed by atoms with van der Waals surface area (Å²) in [5.74, 6) is -0.917. The van der Waals surface area contributed by atoms with E-state index in [9.17, 15) is 24.2 Å². The lowest BCUT2D eigenvalue weighted by Crippen LogP contribution is -2.37. The molecule has 0 aromatic heterocycles. The van der Waals surface area contributed by atoms with Crippen LogP contribution in [0.2, 0.25) is 0 Å². The fourth-order valence-electron chi connectivity index (χ4n) is 5.89. The number of phosphoric acid groups is 1. The zero-order chi connectivity index (χ0) is 42.3. The summed E-state index contributed by atoms with van der Waals surface area (Å²) in [7, 11) is 1.10. The van der Waals surface area contributed by atoms with E-state index in [-0.39, 0.29) is 26.1 Å². The van der Waals surface area contributed by atoms with Crippen LogP contribution in [-0.4, -0.2) is 81.2 Å². The van der Waals surface area contributed by atoms with Gasteiger partial charge in [-0.05, 0) is 57.8 Å². The van der Waals surface area contributed by atoms with Gasteiger partial charge in [0.2, 0.25) is 0 Å². The van der Waals surface area contributed by atoms with Gasteiger partial charge in [-0.3, -0.25) is 14.2 Å². The number of ether oxygens (including phenoxy) is 2. The molecule has 0 radical (unpaired) electrons. The van der Waals surface area contributed by atoms with Gasteiger partial charge in [-0.1, -0.05) is 152 Å². The first-order valence-electron chi connectivity index (χ1n) is 22.5. The summed E-state index contributed by atoms with van der Waals surface area (Å²) >= 11 is 0. The summed E-state index contributed by atoms with van der Waals surface area (Å²) in [4.78, 5) is 37.6. The molecule has 0 fully saturated rings. The van der Waals surface area contributed by atoms with Crippen molar-refractivity contribution in [2.45, 2.75) is 187 Å². The van der Waals surface area contributed by atoms with E-state index in [1.807, 2.05) is 33.3 Å². The zero-order valence-corrected chi connectivity index (χ0v) is 37.8. The van der Waals surface area contributed by atoms with Gasteiger partial charge in [-0.25, -0.2) is 0 Å². The van der Waals surface area contributed by atoms with Gasteiger partial charge in [0.1, 0.15) is 19.8 Å². The summed E-state index contributed by atoms with van der Waals surface area (Å²) in [5, 5.41) is 10.1. The van der Waals surface area contributed by atoms with Crippen LogP contribution in [0.3, 0.4) is 0 Å². The maximum atomic E-state index is 12.7. The van der Waals surface area contributed by atoms with Crippen LogP contribution in [-0.2, 0) is 32.7 Å². The third kappa shape index (κ3) is 41.9. The van der Waals surface area contributed by atoms with Crippen LogP contribution in [0.5, 0.6) is 0 Å². The lowest BCUT2D eigenvalue weighted by Gasteiger charge is -2.28. The van der Waals surface area contributed by atoms with Crippen LogP contribution in [0.25, 0.3) is 0 Å². The number of hydrogen-bond acceptors (Lipinski definition) is 9. The monoisotopic (exact) mass is 826 g/mol. The fraction of sp³-hybridized carbons (Fsp3) is 0.783. The van der Waals surface area contributed by atoms with Crippen molar-refractivity contribution in [2.24, 2.45) is 0 Å². The SMILES string of the molecule is CC/C=C/C/C=C/C=C/C(O)CCCCCCCC(=O)OC[C@H](COP(=O)([O-])OCC[N+](C)(C)C)OC(=O)CCCCCCCCC/C=C\CCCCCCCC. The predicted molar refractivity (Wildman–Crippen MR) is 233 cm³/mol. The van der Waals surface area contributed by atoms with E-state index < -0.39 is 38.6 Å². The van der Waals surface area contributed by atoms with Crippen LogP contribution >= 0.6 is 7.82 Å². The molecule has 0 saturated heterocycles. The number of aliphatic hydroxyl groups excluding tert-OH is 1. The molecular weight excluding hydrogens is 741 g/mol. The third-order valence-corrected chi connectivity index (χ3v) is 10.4. The van der Waals surface area contributed by atoms with Crippen LogP contribution in [0, 0.1) is 0 Å². The number of carbonyl (C=O) groups excluding carboxylic acids is 2. The highest BCUT2D eigenvalue weighted by molar-refractivity contribution is 7.45. The minimum Gasteiger partial charge on any atom is -0.756 e. The number of hydrogen-bond donors (Lipinski definition) is 1. The second-order valence-electron chi connectivity index (χ2n) is 16.2. The van der Waals surface area contributed by atoms with Gasteiger partial charge in [-0.2, -0.15) is 0 Å². The van der Waals surface area contributed by atoms with E-state index in [0.29, 0.717) is 30.3 Å². The molecule has 1 N–H and O–H groups in total. The number of carbonyl (C=O) groups is 2. The van der Waals surface area contributed by atoms with Crippen molar-refractivity contribution in [3.05, 3.63) is 48.6 Å². The number of allylic oxidation sites excluding steroid dienone is 7. The number of unbranched alkanes of at least 4 members (excludes halogenated alkanes) is 17. The lowest BCUT2D eigenvalue weighted by atomic mass is 10.1. The van der Waals surface area contributed by atoms with Crippen molar-refractivity contribution >= 4 is 19.8 Å². The van der Waals surface area contributed by atoms with E-state index in [1.165, 1.54) is 64.2 Å². The molecule has 10 nitrogen and oxygen atoms in total.